The lowest BCUT2D eigenvalue weighted by atomic mass is 10.1. The predicted octanol–water partition coefficient (Wildman–Crippen LogP) is 4.60. The van der Waals surface area contributed by atoms with Crippen molar-refractivity contribution in [2.75, 3.05) is 10.6 Å². The van der Waals surface area contributed by atoms with Gasteiger partial charge < -0.3 is 15.1 Å². The summed E-state index contributed by atoms with van der Waals surface area (Å²) in [5.41, 5.74) is 2.42. The van der Waals surface area contributed by atoms with Crippen LogP contribution in [0.2, 0.25) is 0 Å². The van der Waals surface area contributed by atoms with Gasteiger partial charge in [-0.3, -0.25) is 9.20 Å². The molecule has 1 unspecified atom stereocenters. The Bertz CT molecular complexity index is 1260. The van der Waals surface area contributed by atoms with E-state index in [9.17, 15) is 9.18 Å². The third-order valence-electron chi connectivity index (χ3n) is 4.95. The van der Waals surface area contributed by atoms with Crippen molar-refractivity contribution in [1.29, 1.82) is 0 Å². The molecule has 9 heteroatoms. The number of fused-ring (bicyclic) bond motifs is 1. The van der Waals surface area contributed by atoms with Gasteiger partial charge in [-0.1, -0.05) is 6.92 Å². The van der Waals surface area contributed by atoms with Gasteiger partial charge in [0.1, 0.15) is 5.82 Å². The summed E-state index contributed by atoms with van der Waals surface area (Å²) < 4.78 is 21.7. The van der Waals surface area contributed by atoms with E-state index in [1.165, 1.54) is 18.2 Å². The number of benzene rings is 1. The topological polar surface area (TPSA) is 97.3 Å². The Hall–Kier alpha value is -3.75. The molecule has 0 saturated heterocycles. The number of aromatic nitrogens is 4. The van der Waals surface area contributed by atoms with Crippen molar-refractivity contribution >= 4 is 23.1 Å². The molecule has 4 rings (SSSR count). The molecule has 0 aliphatic rings. The molecule has 1 amide bonds. The van der Waals surface area contributed by atoms with E-state index in [-0.39, 0.29) is 11.3 Å². The summed E-state index contributed by atoms with van der Waals surface area (Å²) in [5.74, 6) is 0.0777. The van der Waals surface area contributed by atoms with Crippen LogP contribution in [-0.4, -0.2) is 31.3 Å². The van der Waals surface area contributed by atoms with E-state index in [2.05, 4.69) is 39.4 Å². The highest BCUT2D eigenvalue weighted by molar-refractivity contribution is 6.03. The third-order valence-corrected chi connectivity index (χ3v) is 4.95. The number of nitrogens with zero attached hydrogens (tertiary/aromatic N) is 4. The Labute approximate surface area is 178 Å². The number of amides is 1. The summed E-state index contributed by atoms with van der Waals surface area (Å²) >= 11 is 0. The number of rotatable bonds is 6. The van der Waals surface area contributed by atoms with Crippen LogP contribution in [0.3, 0.4) is 0 Å². The van der Waals surface area contributed by atoms with Gasteiger partial charge in [0.25, 0.3) is 5.91 Å². The highest BCUT2D eigenvalue weighted by Gasteiger charge is 2.18. The lowest BCUT2D eigenvalue weighted by molar-refractivity contribution is 0.0994. The second-order valence-electron chi connectivity index (χ2n) is 7.43. The third kappa shape index (κ3) is 4.25. The van der Waals surface area contributed by atoms with Crippen LogP contribution in [-0.2, 0) is 0 Å². The van der Waals surface area contributed by atoms with Crippen LogP contribution in [0, 0.1) is 19.7 Å². The molecular weight excluding hydrogens is 399 g/mol. The van der Waals surface area contributed by atoms with E-state index >= 15 is 0 Å². The Morgan fingerprint density at radius 1 is 1.23 bits per heavy atom. The highest BCUT2D eigenvalue weighted by Crippen LogP contribution is 2.26. The second kappa shape index (κ2) is 8.17. The number of carbonyl (C=O) groups excluding carboxylic acids is 1. The number of hydrogen-bond donors (Lipinski definition) is 2. The maximum Gasteiger partial charge on any atom is 0.293 e. The zero-order valence-electron chi connectivity index (χ0n) is 17.7. The maximum absolute atomic E-state index is 14.6. The molecule has 0 spiro atoms. The monoisotopic (exact) mass is 422 g/mol. The van der Waals surface area contributed by atoms with Gasteiger partial charge in [0.2, 0.25) is 11.5 Å². The van der Waals surface area contributed by atoms with Gasteiger partial charge >= 0.3 is 0 Å². The van der Waals surface area contributed by atoms with E-state index in [1.54, 1.807) is 30.6 Å². The first-order chi connectivity index (χ1) is 14.8. The highest BCUT2D eigenvalue weighted by atomic mass is 19.1. The smallest absolute Gasteiger partial charge is 0.293 e. The number of carbonyl (C=O) groups is 1. The molecule has 31 heavy (non-hydrogen) atoms. The van der Waals surface area contributed by atoms with Crippen molar-refractivity contribution in [1.82, 2.24) is 19.4 Å². The largest absolute Gasteiger partial charge is 0.436 e. The Balaban J connectivity index is 1.62. The zero-order valence-corrected chi connectivity index (χ0v) is 17.7. The number of anilines is 2. The molecule has 0 aliphatic carbocycles. The first-order valence-corrected chi connectivity index (χ1v) is 10.0. The molecule has 3 heterocycles. The van der Waals surface area contributed by atoms with Crippen LogP contribution in [0.4, 0.5) is 15.8 Å². The normalized spacial score (nSPS) is 12.2. The Morgan fingerprint density at radius 2 is 2.03 bits per heavy atom. The van der Waals surface area contributed by atoms with Crippen molar-refractivity contribution in [3.63, 3.8) is 0 Å². The molecule has 1 atom stereocenters. The number of aryl methyl sites for hydroxylation is 2. The van der Waals surface area contributed by atoms with E-state index in [0.717, 1.165) is 12.1 Å². The summed E-state index contributed by atoms with van der Waals surface area (Å²) in [7, 11) is 0. The quantitative estimate of drug-likeness (QED) is 0.471. The summed E-state index contributed by atoms with van der Waals surface area (Å²) in [5, 5.41) is 6.07. The molecule has 3 aromatic heterocycles. The molecule has 2 N–H and O–H groups in total. The van der Waals surface area contributed by atoms with Crippen LogP contribution in [0.1, 0.15) is 42.4 Å². The summed E-state index contributed by atoms with van der Waals surface area (Å²) in [4.78, 5) is 25.4. The predicted molar refractivity (Wildman–Crippen MR) is 116 cm³/mol. The van der Waals surface area contributed by atoms with Crippen LogP contribution >= 0.6 is 0 Å². The zero-order chi connectivity index (χ0) is 22.1. The second-order valence-corrected chi connectivity index (χ2v) is 7.43. The molecule has 160 valence electrons. The van der Waals surface area contributed by atoms with Crippen LogP contribution in [0.15, 0.2) is 41.2 Å². The molecule has 8 nitrogen and oxygen atoms in total. The molecule has 1 aromatic carbocycles. The van der Waals surface area contributed by atoms with E-state index in [0.29, 0.717) is 34.8 Å². The number of halogens is 1. The molecule has 0 fully saturated rings. The molecular formula is C22H23FN6O2. The Kier molecular flexibility index (Phi) is 5.41. The lowest BCUT2D eigenvalue weighted by Gasteiger charge is -2.12. The van der Waals surface area contributed by atoms with Crippen molar-refractivity contribution < 1.29 is 13.6 Å². The minimum atomic E-state index is -0.453. The van der Waals surface area contributed by atoms with Crippen molar-refractivity contribution in [3.05, 3.63) is 60.0 Å². The van der Waals surface area contributed by atoms with Crippen LogP contribution in [0.5, 0.6) is 0 Å². The fraction of sp³-hybridized carbons (Fsp3) is 0.273. The number of oxazole rings is 1. The first kappa shape index (κ1) is 20.5. The minimum Gasteiger partial charge on any atom is -0.436 e. The van der Waals surface area contributed by atoms with Gasteiger partial charge in [-0.15, -0.1) is 0 Å². The van der Waals surface area contributed by atoms with E-state index in [1.807, 2.05) is 6.20 Å². The Morgan fingerprint density at radius 3 is 2.74 bits per heavy atom. The van der Waals surface area contributed by atoms with Crippen molar-refractivity contribution in [3.8, 4) is 11.3 Å². The van der Waals surface area contributed by atoms with Gasteiger partial charge in [-0.05, 0) is 38.5 Å². The molecule has 0 aliphatic heterocycles. The number of imidazole rings is 1. The van der Waals surface area contributed by atoms with Crippen molar-refractivity contribution in [2.24, 2.45) is 0 Å². The molecule has 4 aromatic rings. The van der Waals surface area contributed by atoms with E-state index in [4.69, 9.17) is 4.42 Å². The minimum absolute atomic E-state index is 0.127. The molecule has 0 saturated carbocycles. The van der Waals surface area contributed by atoms with Crippen molar-refractivity contribution in [2.45, 2.75) is 40.2 Å². The fourth-order valence-electron chi connectivity index (χ4n) is 3.20. The van der Waals surface area contributed by atoms with E-state index < -0.39 is 11.7 Å². The summed E-state index contributed by atoms with van der Waals surface area (Å²) in [6.45, 7) is 7.54. The average molecular weight is 422 g/mol. The maximum atomic E-state index is 14.6. The SMILES string of the molecule is CCC(C)Nc1cnc2nc(-c3cc(NC(=O)c4oc(C)nc4C)ccc3F)cn2c1. The summed E-state index contributed by atoms with van der Waals surface area (Å²) in [6.07, 6.45) is 6.25. The number of nitrogens with one attached hydrogen (secondary N) is 2. The van der Waals surface area contributed by atoms with Gasteiger partial charge in [0.15, 0.2) is 5.89 Å². The molecule has 0 bridgehead atoms. The fourth-order valence-corrected chi connectivity index (χ4v) is 3.20. The molecule has 0 radical (unpaired) electrons. The first-order valence-electron chi connectivity index (χ1n) is 10.0. The summed E-state index contributed by atoms with van der Waals surface area (Å²) in [6, 6.07) is 4.61. The number of hydrogen-bond acceptors (Lipinski definition) is 6. The van der Waals surface area contributed by atoms with Gasteiger partial charge in [0, 0.05) is 36.6 Å². The van der Waals surface area contributed by atoms with Gasteiger partial charge in [-0.2, -0.15) is 0 Å². The van der Waals surface area contributed by atoms with Gasteiger partial charge in [-0.25, -0.2) is 19.3 Å². The standard InChI is InChI=1S/C22H23FN6O2/c1-5-12(2)25-16-9-24-22-28-19(11-29(22)10-16)17-8-15(6-7-18(17)23)27-21(30)20-13(3)26-14(4)31-20/h6-12,25H,5H2,1-4H3,(H,27,30). The van der Waals surface area contributed by atoms with Gasteiger partial charge in [0.05, 0.1) is 23.3 Å². The van der Waals surface area contributed by atoms with Crippen LogP contribution in [0.25, 0.3) is 17.0 Å². The van der Waals surface area contributed by atoms with Crippen LogP contribution < -0.4 is 10.6 Å². The lowest BCUT2D eigenvalue weighted by Crippen LogP contribution is -2.13. The average Bonchev–Trinajstić information content (AvgIpc) is 3.31.